The topological polar surface area (TPSA) is 17.1 Å². The molecule has 4 fully saturated rings. The molecule has 0 aliphatic heterocycles. The van der Waals surface area contributed by atoms with Crippen LogP contribution >= 0.6 is 11.8 Å². The van der Waals surface area contributed by atoms with E-state index < -0.39 is 0 Å². The van der Waals surface area contributed by atoms with Gasteiger partial charge in [-0.15, -0.1) is 0 Å². The quantitative estimate of drug-likeness (QED) is 0.293. The molecule has 0 aromatic carbocycles. The largest absolute Gasteiger partial charge is 0.287 e. The van der Waals surface area contributed by atoms with E-state index in [2.05, 4.69) is 40.7 Å². The molecular weight excluding hydrogens is 468 g/mol. The third-order valence-electron chi connectivity index (χ3n) is 12.7. The summed E-state index contributed by atoms with van der Waals surface area (Å²) >= 11 is 1.74. The van der Waals surface area contributed by atoms with Crippen LogP contribution in [0.3, 0.4) is 0 Å². The summed E-state index contributed by atoms with van der Waals surface area (Å²) in [5.74, 6) is 6.13. The van der Waals surface area contributed by atoms with Crippen molar-refractivity contribution < 1.29 is 4.79 Å². The lowest BCUT2D eigenvalue weighted by Gasteiger charge is -2.58. The Morgan fingerprint density at radius 2 is 1.73 bits per heavy atom. The van der Waals surface area contributed by atoms with Crippen molar-refractivity contribution in [3.63, 3.8) is 0 Å². The van der Waals surface area contributed by atoms with Gasteiger partial charge in [0.15, 0.2) is 5.12 Å². The number of carbonyl (C=O) groups is 1. The Kier molecular flexibility index (Phi) is 8.95. The van der Waals surface area contributed by atoms with Crippen LogP contribution in [0.25, 0.3) is 0 Å². The average Bonchev–Trinajstić information content (AvgIpc) is 3.22. The molecule has 2 heteroatoms. The molecule has 0 N–H and O–H groups in total. The lowest BCUT2D eigenvalue weighted by atomic mass is 9.47. The van der Waals surface area contributed by atoms with Crippen molar-refractivity contribution in [1.82, 2.24) is 0 Å². The summed E-state index contributed by atoms with van der Waals surface area (Å²) < 4.78 is 0. The Balaban J connectivity index is 1.20. The van der Waals surface area contributed by atoms with Crippen LogP contribution in [0.2, 0.25) is 0 Å². The van der Waals surface area contributed by atoms with Gasteiger partial charge >= 0.3 is 0 Å². The summed E-state index contributed by atoms with van der Waals surface area (Å²) in [7, 11) is 0. The standard InChI is InChI=1S/C35H58OS/c1-24(2)10-9-11-25(3)30-16-17-31-29-15-14-27-23-28(37-33(36)22-26-12-7-6-8-13-26)18-20-34(27,4)32(29)19-21-35(30,31)5/h14,24-26,28-32H,6-13,15-23H2,1-5H3/t25-,28-,29+,30-,31+,32+,34+,35-/m1/s1. The molecule has 5 aliphatic carbocycles. The number of allylic oxidation sites excluding steroid dienone is 2. The highest BCUT2D eigenvalue weighted by atomic mass is 32.2. The second-order valence-corrected chi connectivity index (χ2v) is 16.7. The van der Waals surface area contributed by atoms with Crippen molar-refractivity contribution in [3.05, 3.63) is 11.6 Å². The van der Waals surface area contributed by atoms with Crippen LogP contribution in [0.5, 0.6) is 0 Å². The minimum absolute atomic E-state index is 0.411. The van der Waals surface area contributed by atoms with Gasteiger partial charge in [0, 0.05) is 11.7 Å². The maximum Gasteiger partial charge on any atom is 0.189 e. The Hall–Kier alpha value is -0.240. The van der Waals surface area contributed by atoms with Crippen LogP contribution in [-0.4, -0.2) is 10.4 Å². The first-order valence-corrected chi connectivity index (χ1v) is 17.5. The number of thioether (sulfide) groups is 1. The van der Waals surface area contributed by atoms with Gasteiger partial charge < -0.3 is 0 Å². The first-order valence-electron chi connectivity index (χ1n) is 16.6. The third kappa shape index (κ3) is 5.81. The third-order valence-corrected chi connectivity index (χ3v) is 13.9. The van der Waals surface area contributed by atoms with E-state index >= 15 is 0 Å². The van der Waals surface area contributed by atoms with Gasteiger partial charge in [-0.2, -0.15) is 0 Å². The maximum atomic E-state index is 12.9. The molecule has 5 aliphatic rings. The number of carbonyl (C=O) groups excluding carboxylic acids is 1. The summed E-state index contributed by atoms with van der Waals surface area (Å²) in [6.07, 6.45) is 25.5. The van der Waals surface area contributed by atoms with E-state index in [1.165, 1.54) is 103 Å². The first kappa shape index (κ1) is 28.3. The van der Waals surface area contributed by atoms with Gasteiger partial charge in [-0.1, -0.05) is 96.6 Å². The summed E-state index contributed by atoms with van der Waals surface area (Å²) in [5, 5.41) is 1.05. The van der Waals surface area contributed by atoms with Crippen molar-refractivity contribution in [2.75, 3.05) is 0 Å². The smallest absolute Gasteiger partial charge is 0.189 e. The molecule has 0 saturated heterocycles. The number of hydrogen-bond donors (Lipinski definition) is 0. The lowest BCUT2D eigenvalue weighted by Crippen LogP contribution is -2.50. The van der Waals surface area contributed by atoms with Gasteiger partial charge in [0.05, 0.1) is 0 Å². The fraction of sp³-hybridized carbons (Fsp3) is 0.914. The van der Waals surface area contributed by atoms with Crippen LogP contribution in [0.4, 0.5) is 0 Å². The lowest BCUT2D eigenvalue weighted by molar-refractivity contribution is -0.112. The van der Waals surface area contributed by atoms with Gasteiger partial charge in [0.25, 0.3) is 0 Å². The fourth-order valence-electron chi connectivity index (χ4n) is 10.6. The Morgan fingerprint density at radius 3 is 2.49 bits per heavy atom. The molecule has 0 radical (unpaired) electrons. The Labute approximate surface area is 234 Å². The molecule has 0 aromatic heterocycles. The number of rotatable bonds is 8. The molecular formula is C35H58OS. The van der Waals surface area contributed by atoms with E-state index in [0.717, 1.165) is 41.9 Å². The summed E-state index contributed by atoms with van der Waals surface area (Å²) in [6, 6.07) is 0. The zero-order valence-electron chi connectivity index (χ0n) is 25.0. The molecule has 4 saturated carbocycles. The summed E-state index contributed by atoms with van der Waals surface area (Å²) in [4.78, 5) is 12.9. The normalized spacial score (nSPS) is 41.0. The summed E-state index contributed by atoms with van der Waals surface area (Å²) in [6.45, 7) is 12.7. The average molecular weight is 527 g/mol. The molecule has 0 heterocycles. The predicted octanol–water partition coefficient (Wildman–Crippen LogP) is 10.6. The van der Waals surface area contributed by atoms with Gasteiger partial charge in [0.2, 0.25) is 0 Å². The van der Waals surface area contributed by atoms with Crippen LogP contribution in [0.1, 0.15) is 144 Å². The molecule has 37 heavy (non-hydrogen) atoms. The van der Waals surface area contributed by atoms with Gasteiger partial charge in [-0.25, -0.2) is 0 Å². The van der Waals surface area contributed by atoms with Crippen molar-refractivity contribution in [1.29, 1.82) is 0 Å². The van der Waals surface area contributed by atoms with Gasteiger partial charge in [0.1, 0.15) is 0 Å². The monoisotopic (exact) mass is 526 g/mol. The van der Waals surface area contributed by atoms with Gasteiger partial charge in [-0.05, 0) is 116 Å². The molecule has 210 valence electrons. The van der Waals surface area contributed by atoms with Gasteiger partial charge in [-0.3, -0.25) is 4.79 Å². The Bertz CT molecular complexity index is 823. The molecule has 5 rings (SSSR count). The predicted molar refractivity (Wildman–Crippen MR) is 161 cm³/mol. The second kappa shape index (κ2) is 11.7. The highest BCUT2D eigenvalue weighted by Crippen LogP contribution is 2.67. The zero-order chi connectivity index (χ0) is 26.2. The first-order chi connectivity index (χ1) is 17.7. The van der Waals surface area contributed by atoms with Crippen molar-refractivity contribution >= 4 is 16.9 Å². The fourth-order valence-corrected chi connectivity index (χ4v) is 11.8. The molecule has 0 spiro atoms. The number of hydrogen-bond acceptors (Lipinski definition) is 2. The van der Waals surface area contributed by atoms with E-state index in [4.69, 9.17) is 0 Å². The highest BCUT2D eigenvalue weighted by molar-refractivity contribution is 8.14. The molecule has 1 nitrogen and oxygen atoms in total. The van der Waals surface area contributed by atoms with Crippen LogP contribution in [0, 0.1) is 52.3 Å². The van der Waals surface area contributed by atoms with E-state index in [9.17, 15) is 4.79 Å². The van der Waals surface area contributed by atoms with Crippen molar-refractivity contribution in [2.45, 2.75) is 149 Å². The molecule has 0 unspecified atom stereocenters. The summed E-state index contributed by atoms with van der Waals surface area (Å²) in [5.41, 5.74) is 2.75. The molecule has 0 aromatic rings. The molecule has 0 amide bonds. The highest BCUT2D eigenvalue weighted by Gasteiger charge is 2.59. The van der Waals surface area contributed by atoms with E-state index in [1.54, 1.807) is 17.3 Å². The van der Waals surface area contributed by atoms with E-state index in [1.807, 2.05) is 0 Å². The zero-order valence-corrected chi connectivity index (χ0v) is 25.8. The minimum Gasteiger partial charge on any atom is -0.287 e. The van der Waals surface area contributed by atoms with E-state index in [0.29, 0.717) is 27.1 Å². The van der Waals surface area contributed by atoms with E-state index in [-0.39, 0.29) is 0 Å². The maximum absolute atomic E-state index is 12.9. The van der Waals surface area contributed by atoms with Crippen LogP contribution in [0.15, 0.2) is 11.6 Å². The second-order valence-electron chi connectivity index (χ2n) is 15.4. The van der Waals surface area contributed by atoms with Crippen molar-refractivity contribution in [2.24, 2.45) is 52.3 Å². The van der Waals surface area contributed by atoms with Crippen LogP contribution < -0.4 is 0 Å². The SMILES string of the molecule is CC(C)CCC[C@@H](C)[C@H]1CC[C@H]2[C@@H]3CC=C4C[C@H](SC(=O)CC5CCCCC5)CC[C@]4(C)[C@H]3CC[C@]12C. The van der Waals surface area contributed by atoms with Crippen molar-refractivity contribution in [3.8, 4) is 0 Å². The molecule has 8 atom stereocenters. The number of fused-ring (bicyclic) bond motifs is 5. The molecule has 0 bridgehead atoms. The minimum atomic E-state index is 0.411. The van der Waals surface area contributed by atoms with Crippen LogP contribution in [-0.2, 0) is 4.79 Å². The Morgan fingerprint density at radius 1 is 0.946 bits per heavy atom.